The Morgan fingerprint density at radius 2 is 1.00 bits per heavy atom. The van der Waals surface area contributed by atoms with Crippen LogP contribution in [0.3, 0.4) is 0 Å². The fourth-order valence-corrected chi connectivity index (χ4v) is 0.652. The lowest BCUT2D eigenvalue weighted by Crippen LogP contribution is -2.55. The number of carboxylic acids is 2. The lowest BCUT2D eigenvalue weighted by Gasteiger charge is -2.27. The summed E-state index contributed by atoms with van der Waals surface area (Å²) < 4.78 is 0. The van der Waals surface area contributed by atoms with Crippen LogP contribution in [0.2, 0.25) is 0 Å². The second-order valence-electron chi connectivity index (χ2n) is 2.51. The van der Waals surface area contributed by atoms with Crippen molar-refractivity contribution >= 4 is 11.9 Å². The summed E-state index contributed by atoms with van der Waals surface area (Å²) in [6.45, 7) is 0. The van der Waals surface area contributed by atoms with Crippen molar-refractivity contribution in [3.8, 4) is 0 Å². The Morgan fingerprint density at radius 3 is 1.14 bits per heavy atom. The number of rotatable bonds is 5. The zero-order chi connectivity index (χ0) is 11.5. The second-order valence-corrected chi connectivity index (χ2v) is 2.51. The van der Waals surface area contributed by atoms with E-state index in [1.54, 1.807) is 0 Å². The summed E-state index contributed by atoms with van der Waals surface area (Å²) in [6, 6.07) is 0. The summed E-state index contributed by atoms with van der Waals surface area (Å²) in [5.74, 6) is -4.22. The molecule has 8 nitrogen and oxygen atoms in total. The summed E-state index contributed by atoms with van der Waals surface area (Å²) in [7, 11) is 0. The van der Waals surface area contributed by atoms with E-state index in [0.717, 1.165) is 0 Å². The lowest BCUT2D eigenvalue weighted by molar-refractivity contribution is -0.327. The molecule has 4 atom stereocenters. The molecule has 0 aromatic heterocycles. The third-order valence-electron chi connectivity index (χ3n) is 1.48. The molecule has 0 aliphatic carbocycles. The van der Waals surface area contributed by atoms with Gasteiger partial charge in [0, 0.05) is 0 Å². The van der Waals surface area contributed by atoms with Crippen LogP contribution in [-0.2, 0) is 9.59 Å². The van der Waals surface area contributed by atoms with Crippen LogP contribution in [0.4, 0.5) is 0 Å². The second kappa shape index (κ2) is 4.86. The lowest BCUT2D eigenvalue weighted by atomic mass is 10.0. The van der Waals surface area contributed by atoms with E-state index in [9.17, 15) is 19.8 Å². The molecule has 0 amide bonds. The van der Waals surface area contributed by atoms with Gasteiger partial charge in [0.05, 0.1) is 11.9 Å². The van der Waals surface area contributed by atoms with Crippen LogP contribution < -0.4 is 10.2 Å². The number of hydrogen-bond donors (Lipinski definition) is 4. The van der Waals surface area contributed by atoms with Gasteiger partial charge in [-0.3, -0.25) is 0 Å². The van der Waals surface area contributed by atoms with Crippen LogP contribution in [0, 0.1) is 0 Å². The number of aliphatic hydroxyl groups excluding tert-OH is 4. The van der Waals surface area contributed by atoms with Gasteiger partial charge in [0.2, 0.25) is 0 Å². The first-order valence-corrected chi connectivity index (χ1v) is 3.43. The summed E-state index contributed by atoms with van der Waals surface area (Å²) in [6.07, 6.45) is -9.76. The molecule has 4 N–H and O–H groups in total. The predicted molar refractivity (Wildman–Crippen MR) is 34.0 cm³/mol. The van der Waals surface area contributed by atoms with E-state index in [1.165, 1.54) is 0 Å². The smallest absolute Gasteiger partial charge is 0.122 e. The van der Waals surface area contributed by atoms with E-state index in [-0.39, 0.29) is 0 Å². The first-order valence-electron chi connectivity index (χ1n) is 3.43. The van der Waals surface area contributed by atoms with Gasteiger partial charge in [-0.15, -0.1) is 0 Å². The predicted octanol–water partition coefficient (Wildman–Crippen LogP) is -6.07. The fraction of sp³-hybridized carbons (Fsp3) is 0.667. The first-order chi connectivity index (χ1) is 6.29. The summed E-state index contributed by atoms with van der Waals surface area (Å²) in [5, 5.41) is 54.7. The van der Waals surface area contributed by atoms with E-state index >= 15 is 0 Å². The van der Waals surface area contributed by atoms with E-state index < -0.39 is 36.4 Å². The minimum atomic E-state index is -2.50. The monoisotopic (exact) mass is 208 g/mol. The maximum atomic E-state index is 9.96. The zero-order valence-electron chi connectivity index (χ0n) is 6.73. The Hall–Kier alpha value is -1.22. The van der Waals surface area contributed by atoms with Gasteiger partial charge >= 0.3 is 0 Å². The highest BCUT2D eigenvalue weighted by Gasteiger charge is 2.31. The molecule has 82 valence electrons. The van der Waals surface area contributed by atoms with Crippen LogP contribution in [0.5, 0.6) is 0 Å². The largest absolute Gasteiger partial charge is 0.547 e. The van der Waals surface area contributed by atoms with Crippen molar-refractivity contribution in [1.29, 1.82) is 0 Å². The average Bonchev–Trinajstić information content (AvgIpc) is 2.12. The molecule has 0 rings (SSSR count). The molecule has 0 fully saturated rings. The Kier molecular flexibility index (Phi) is 4.44. The minimum absolute atomic E-state index is 2.11. The molecular formula is C6H8O8-2. The topological polar surface area (TPSA) is 161 Å². The Morgan fingerprint density at radius 1 is 0.786 bits per heavy atom. The van der Waals surface area contributed by atoms with Crippen LogP contribution in [0.1, 0.15) is 0 Å². The van der Waals surface area contributed by atoms with Crippen LogP contribution in [0.15, 0.2) is 0 Å². The number of aliphatic hydroxyl groups is 4. The van der Waals surface area contributed by atoms with Gasteiger partial charge in [0.1, 0.15) is 24.4 Å². The summed E-state index contributed by atoms with van der Waals surface area (Å²) in [5.41, 5.74) is 0. The van der Waals surface area contributed by atoms with Crippen LogP contribution in [-0.4, -0.2) is 56.8 Å². The number of carbonyl (C=O) groups is 2. The van der Waals surface area contributed by atoms with Crippen molar-refractivity contribution in [3.05, 3.63) is 0 Å². The number of hydrogen-bond acceptors (Lipinski definition) is 8. The van der Waals surface area contributed by atoms with Crippen molar-refractivity contribution in [2.24, 2.45) is 0 Å². The molecule has 0 bridgehead atoms. The van der Waals surface area contributed by atoms with Crippen molar-refractivity contribution in [1.82, 2.24) is 0 Å². The van der Waals surface area contributed by atoms with E-state index in [1.807, 2.05) is 0 Å². The number of aliphatic carboxylic acids is 2. The average molecular weight is 208 g/mol. The highest BCUT2D eigenvalue weighted by atomic mass is 16.4. The van der Waals surface area contributed by atoms with Crippen molar-refractivity contribution in [2.75, 3.05) is 0 Å². The normalized spacial score (nSPS) is 19.4. The SMILES string of the molecule is O=C([O-])[C@H](O)[C@H](O)[C@@H](O)[C@@H](O)C(=O)[O-]. The van der Waals surface area contributed by atoms with Gasteiger partial charge in [-0.1, -0.05) is 0 Å². The highest BCUT2D eigenvalue weighted by Crippen LogP contribution is 2.04. The molecule has 0 aromatic rings. The van der Waals surface area contributed by atoms with Crippen LogP contribution >= 0.6 is 0 Å². The molecular weight excluding hydrogens is 200 g/mol. The van der Waals surface area contributed by atoms with Gasteiger partial charge in [-0.25, -0.2) is 0 Å². The molecule has 0 saturated carbocycles. The Balaban J connectivity index is 4.45. The van der Waals surface area contributed by atoms with Crippen molar-refractivity contribution in [3.63, 3.8) is 0 Å². The van der Waals surface area contributed by atoms with Gasteiger partial charge in [-0.05, 0) is 0 Å². The first kappa shape index (κ1) is 12.8. The molecule has 0 unspecified atom stereocenters. The minimum Gasteiger partial charge on any atom is -0.547 e. The van der Waals surface area contributed by atoms with Gasteiger partial charge in [-0.2, -0.15) is 0 Å². The third kappa shape index (κ3) is 2.92. The van der Waals surface area contributed by atoms with E-state index in [2.05, 4.69) is 0 Å². The van der Waals surface area contributed by atoms with Gasteiger partial charge in [0.15, 0.2) is 0 Å². The summed E-state index contributed by atoms with van der Waals surface area (Å²) in [4.78, 5) is 19.9. The molecule has 0 aliphatic rings. The van der Waals surface area contributed by atoms with E-state index in [0.29, 0.717) is 0 Å². The van der Waals surface area contributed by atoms with Gasteiger partial charge < -0.3 is 40.2 Å². The van der Waals surface area contributed by atoms with Crippen molar-refractivity contribution in [2.45, 2.75) is 24.4 Å². The molecule has 0 aliphatic heterocycles. The van der Waals surface area contributed by atoms with Crippen molar-refractivity contribution < 1.29 is 40.2 Å². The highest BCUT2D eigenvalue weighted by molar-refractivity contribution is 5.72. The molecule has 0 saturated heterocycles. The quantitative estimate of drug-likeness (QED) is 0.347. The molecule has 0 aromatic carbocycles. The van der Waals surface area contributed by atoms with Gasteiger partial charge in [0.25, 0.3) is 0 Å². The van der Waals surface area contributed by atoms with Crippen LogP contribution in [0.25, 0.3) is 0 Å². The maximum Gasteiger partial charge on any atom is 0.122 e. The number of carboxylic acid groups (broad SMARTS) is 2. The maximum absolute atomic E-state index is 9.96. The molecule has 14 heavy (non-hydrogen) atoms. The Bertz CT molecular complexity index is 202. The summed E-state index contributed by atoms with van der Waals surface area (Å²) >= 11 is 0. The zero-order valence-corrected chi connectivity index (χ0v) is 6.73. The molecule has 0 spiro atoms. The molecule has 0 radical (unpaired) electrons. The molecule has 8 heteroatoms. The standard InChI is InChI=1S/C6H10O8/c7-1(3(9)5(11)12)2(8)4(10)6(13)14/h1-4,7-10H,(H,11,12)(H,13,14)/p-2/t1-,2-,3-,4-/m1/s1. The number of carbonyl (C=O) groups excluding carboxylic acids is 2. The van der Waals surface area contributed by atoms with E-state index in [4.69, 9.17) is 20.4 Å². The molecule has 0 heterocycles. The Labute approximate surface area is 77.7 Å². The fourth-order valence-electron chi connectivity index (χ4n) is 0.652. The third-order valence-corrected chi connectivity index (χ3v) is 1.48.